The lowest BCUT2D eigenvalue weighted by Crippen LogP contribution is -2.42. The highest BCUT2D eigenvalue weighted by Gasteiger charge is 2.21. The molecule has 5 heteroatoms. The number of likely N-dealkylation sites (N-methyl/N-ethyl adjacent to an activating group) is 1. The maximum Gasteiger partial charge on any atom is 0.135 e. The van der Waals surface area contributed by atoms with E-state index in [1.165, 1.54) is 19.4 Å². The smallest absolute Gasteiger partial charge is 0.135 e. The summed E-state index contributed by atoms with van der Waals surface area (Å²) in [6, 6.07) is 0.459. The Hall–Kier alpha value is -1.36. The zero-order valence-electron chi connectivity index (χ0n) is 12.2. The van der Waals surface area contributed by atoms with Crippen LogP contribution in [0.4, 0.5) is 11.6 Å². The quantitative estimate of drug-likeness (QED) is 0.870. The molecule has 1 aliphatic heterocycles. The van der Waals surface area contributed by atoms with Crippen molar-refractivity contribution >= 4 is 11.6 Å². The zero-order chi connectivity index (χ0) is 13.8. The van der Waals surface area contributed by atoms with Crippen molar-refractivity contribution < 1.29 is 0 Å². The molecule has 0 radical (unpaired) electrons. The summed E-state index contributed by atoms with van der Waals surface area (Å²) in [5.41, 5.74) is 7.02. The van der Waals surface area contributed by atoms with Gasteiger partial charge in [-0.3, -0.25) is 0 Å². The van der Waals surface area contributed by atoms with E-state index in [9.17, 15) is 0 Å². The van der Waals surface area contributed by atoms with E-state index in [1.807, 2.05) is 0 Å². The van der Waals surface area contributed by atoms with Gasteiger partial charge in [0.05, 0.1) is 0 Å². The van der Waals surface area contributed by atoms with Crippen LogP contribution in [0.15, 0.2) is 6.33 Å². The van der Waals surface area contributed by atoms with Crippen LogP contribution in [0.2, 0.25) is 0 Å². The molecule has 0 aromatic carbocycles. The molecular formula is C14H25N5. The summed E-state index contributed by atoms with van der Waals surface area (Å²) in [6.45, 7) is 9.86. The molecule has 0 aliphatic carbocycles. The molecule has 1 unspecified atom stereocenters. The lowest BCUT2D eigenvalue weighted by Gasteiger charge is -2.33. The molecule has 106 valence electrons. The number of aromatic nitrogens is 2. The first-order chi connectivity index (χ1) is 9.11. The zero-order valence-corrected chi connectivity index (χ0v) is 12.2. The molecule has 1 aromatic rings. The van der Waals surface area contributed by atoms with E-state index in [4.69, 9.17) is 5.73 Å². The molecule has 19 heavy (non-hydrogen) atoms. The minimum absolute atomic E-state index is 0.328. The third-order valence-electron chi connectivity index (χ3n) is 3.79. The topological polar surface area (TPSA) is 67.1 Å². The van der Waals surface area contributed by atoms with E-state index in [1.54, 1.807) is 6.33 Å². The van der Waals surface area contributed by atoms with Crippen LogP contribution in [0.5, 0.6) is 0 Å². The van der Waals surface area contributed by atoms with Crippen molar-refractivity contribution in [3.8, 4) is 0 Å². The Morgan fingerprint density at radius 1 is 1.47 bits per heavy atom. The Morgan fingerprint density at radius 3 is 2.95 bits per heavy atom. The van der Waals surface area contributed by atoms with E-state index in [2.05, 4.69) is 41.0 Å². The van der Waals surface area contributed by atoms with E-state index >= 15 is 0 Å². The number of rotatable bonds is 4. The van der Waals surface area contributed by atoms with Gasteiger partial charge in [-0.2, -0.15) is 0 Å². The van der Waals surface area contributed by atoms with Gasteiger partial charge < -0.3 is 16.0 Å². The van der Waals surface area contributed by atoms with E-state index in [0.717, 1.165) is 24.5 Å². The minimum atomic E-state index is 0.328. The molecule has 3 N–H and O–H groups in total. The number of nitrogen functional groups attached to an aromatic ring is 1. The molecule has 0 bridgehead atoms. The second-order valence-corrected chi connectivity index (χ2v) is 5.55. The second kappa shape index (κ2) is 6.19. The van der Waals surface area contributed by atoms with Gasteiger partial charge in [-0.15, -0.1) is 0 Å². The van der Waals surface area contributed by atoms with Crippen molar-refractivity contribution in [3.05, 3.63) is 11.9 Å². The monoisotopic (exact) mass is 263 g/mol. The predicted molar refractivity (Wildman–Crippen MR) is 79.3 cm³/mol. The molecule has 1 saturated heterocycles. The number of hydrogen-bond donors (Lipinski definition) is 2. The number of hydrogen-bond acceptors (Lipinski definition) is 5. The number of nitrogens with two attached hydrogens (primary N) is 1. The Bertz CT molecular complexity index is 418. The Labute approximate surface area is 115 Å². The highest BCUT2D eigenvalue weighted by atomic mass is 15.2. The normalized spacial score (nSPS) is 20.7. The number of anilines is 2. The van der Waals surface area contributed by atoms with Crippen LogP contribution in [0.1, 0.15) is 45.1 Å². The standard InChI is InChI=1S/C14H25N5/c1-4-19-7-5-6-11(8-19)18-14-12(10(2)3)13(15)16-9-17-14/h9-11H,4-8H2,1-3H3,(H3,15,16,17,18). The number of nitrogens with one attached hydrogen (secondary N) is 1. The molecule has 2 heterocycles. The molecule has 2 rings (SSSR count). The molecule has 0 amide bonds. The van der Waals surface area contributed by atoms with Gasteiger partial charge in [-0.25, -0.2) is 9.97 Å². The van der Waals surface area contributed by atoms with Gasteiger partial charge in [-0.1, -0.05) is 20.8 Å². The molecule has 1 fully saturated rings. The summed E-state index contributed by atoms with van der Waals surface area (Å²) >= 11 is 0. The lowest BCUT2D eigenvalue weighted by atomic mass is 10.0. The van der Waals surface area contributed by atoms with Crippen molar-refractivity contribution in [2.24, 2.45) is 0 Å². The SMILES string of the molecule is CCN1CCCC(Nc2ncnc(N)c2C(C)C)C1. The summed E-state index contributed by atoms with van der Waals surface area (Å²) < 4.78 is 0. The van der Waals surface area contributed by atoms with Crippen molar-refractivity contribution in [2.45, 2.75) is 45.6 Å². The van der Waals surface area contributed by atoms with Crippen LogP contribution in [0, 0.1) is 0 Å². The Balaban J connectivity index is 2.12. The van der Waals surface area contributed by atoms with Gasteiger partial charge in [-0.05, 0) is 31.8 Å². The van der Waals surface area contributed by atoms with Gasteiger partial charge in [0.15, 0.2) is 0 Å². The number of piperidine rings is 1. The van der Waals surface area contributed by atoms with Gasteiger partial charge in [0.25, 0.3) is 0 Å². The van der Waals surface area contributed by atoms with Crippen LogP contribution < -0.4 is 11.1 Å². The van der Waals surface area contributed by atoms with Gasteiger partial charge >= 0.3 is 0 Å². The van der Waals surface area contributed by atoms with Crippen LogP contribution in [0.25, 0.3) is 0 Å². The fraction of sp³-hybridized carbons (Fsp3) is 0.714. The minimum Gasteiger partial charge on any atom is -0.383 e. The fourth-order valence-electron chi connectivity index (χ4n) is 2.75. The van der Waals surface area contributed by atoms with E-state index < -0.39 is 0 Å². The Morgan fingerprint density at radius 2 is 2.26 bits per heavy atom. The number of nitrogens with zero attached hydrogens (tertiary/aromatic N) is 3. The molecule has 0 saturated carbocycles. The first-order valence-electron chi connectivity index (χ1n) is 7.21. The first-order valence-corrected chi connectivity index (χ1v) is 7.21. The third kappa shape index (κ3) is 3.35. The second-order valence-electron chi connectivity index (χ2n) is 5.55. The van der Waals surface area contributed by atoms with Crippen LogP contribution in [-0.2, 0) is 0 Å². The maximum atomic E-state index is 5.98. The molecule has 1 atom stereocenters. The van der Waals surface area contributed by atoms with Gasteiger partial charge in [0, 0.05) is 18.2 Å². The molecule has 5 nitrogen and oxygen atoms in total. The molecule has 1 aromatic heterocycles. The Kier molecular flexibility index (Phi) is 4.58. The van der Waals surface area contributed by atoms with Crippen LogP contribution in [-0.4, -0.2) is 40.5 Å². The molecular weight excluding hydrogens is 238 g/mol. The predicted octanol–water partition coefficient (Wildman–Crippen LogP) is 2.08. The van der Waals surface area contributed by atoms with Crippen LogP contribution >= 0.6 is 0 Å². The lowest BCUT2D eigenvalue weighted by molar-refractivity contribution is 0.226. The van der Waals surface area contributed by atoms with Gasteiger partial charge in [0.2, 0.25) is 0 Å². The third-order valence-corrected chi connectivity index (χ3v) is 3.79. The molecule has 1 aliphatic rings. The average molecular weight is 263 g/mol. The molecule has 0 spiro atoms. The van der Waals surface area contributed by atoms with Crippen molar-refractivity contribution in [2.75, 3.05) is 30.7 Å². The van der Waals surface area contributed by atoms with Crippen molar-refractivity contribution in [1.82, 2.24) is 14.9 Å². The fourth-order valence-corrected chi connectivity index (χ4v) is 2.75. The first kappa shape index (κ1) is 14.1. The van der Waals surface area contributed by atoms with Crippen LogP contribution in [0.3, 0.4) is 0 Å². The summed E-state index contributed by atoms with van der Waals surface area (Å²) in [5.74, 6) is 1.83. The maximum absolute atomic E-state index is 5.98. The van der Waals surface area contributed by atoms with Crippen molar-refractivity contribution in [1.29, 1.82) is 0 Å². The van der Waals surface area contributed by atoms with E-state index in [-0.39, 0.29) is 0 Å². The highest BCUT2D eigenvalue weighted by Crippen LogP contribution is 2.27. The summed E-state index contributed by atoms with van der Waals surface area (Å²) in [7, 11) is 0. The largest absolute Gasteiger partial charge is 0.383 e. The highest BCUT2D eigenvalue weighted by molar-refractivity contribution is 5.57. The average Bonchev–Trinajstić information content (AvgIpc) is 2.38. The summed E-state index contributed by atoms with van der Waals surface area (Å²) in [4.78, 5) is 11.0. The van der Waals surface area contributed by atoms with Crippen molar-refractivity contribution in [3.63, 3.8) is 0 Å². The summed E-state index contributed by atoms with van der Waals surface area (Å²) in [6.07, 6.45) is 3.98. The van der Waals surface area contributed by atoms with E-state index in [0.29, 0.717) is 17.8 Å². The summed E-state index contributed by atoms with van der Waals surface area (Å²) in [5, 5.41) is 3.56. The number of likely N-dealkylation sites (tertiary alicyclic amines) is 1. The van der Waals surface area contributed by atoms with Gasteiger partial charge in [0.1, 0.15) is 18.0 Å².